The van der Waals surface area contributed by atoms with Crippen molar-refractivity contribution in [3.8, 4) is 5.75 Å². The molecule has 4 aromatic rings. The molecule has 0 saturated carbocycles. The highest BCUT2D eigenvalue weighted by Gasteiger charge is 2.15. The largest absolute Gasteiger partial charge is 0.489 e. The van der Waals surface area contributed by atoms with Crippen molar-refractivity contribution >= 4 is 55.2 Å². The van der Waals surface area contributed by atoms with Crippen molar-refractivity contribution in [1.29, 1.82) is 0 Å². The summed E-state index contributed by atoms with van der Waals surface area (Å²) >= 11 is 12.9. The van der Waals surface area contributed by atoms with Crippen LogP contribution >= 0.6 is 43.5 Å². The summed E-state index contributed by atoms with van der Waals surface area (Å²) in [5, 5.41) is 7.44. The van der Waals surface area contributed by atoms with Gasteiger partial charge >= 0.3 is 0 Å². The molecule has 9 heteroatoms. The molecule has 0 fully saturated rings. The zero-order valence-electron chi connectivity index (χ0n) is 17.1. The minimum absolute atomic E-state index is 0.127. The Hall–Kier alpha value is -2.68. The quantitative estimate of drug-likeness (QED) is 0.249. The Morgan fingerprint density at radius 3 is 2.67 bits per heavy atom. The van der Waals surface area contributed by atoms with Gasteiger partial charge in [0.2, 0.25) is 0 Å². The van der Waals surface area contributed by atoms with Crippen LogP contribution < -0.4 is 10.1 Å². The Kier molecular flexibility index (Phi) is 7.47. The van der Waals surface area contributed by atoms with Crippen LogP contribution in [0.5, 0.6) is 5.75 Å². The summed E-state index contributed by atoms with van der Waals surface area (Å²) in [7, 11) is 0. The van der Waals surface area contributed by atoms with Crippen LogP contribution in [-0.2, 0) is 13.2 Å². The third-order valence-electron chi connectivity index (χ3n) is 4.72. The van der Waals surface area contributed by atoms with Gasteiger partial charge in [0.25, 0.3) is 5.91 Å². The molecule has 168 valence electrons. The normalized spacial score (nSPS) is 10.8. The minimum Gasteiger partial charge on any atom is -0.489 e. The summed E-state index contributed by atoms with van der Waals surface area (Å²) in [4.78, 5) is 12.8. The van der Waals surface area contributed by atoms with Crippen molar-refractivity contribution in [2.75, 3.05) is 5.32 Å². The second-order valence-electron chi connectivity index (χ2n) is 7.12. The predicted molar refractivity (Wildman–Crippen MR) is 133 cm³/mol. The van der Waals surface area contributed by atoms with E-state index in [4.69, 9.17) is 16.3 Å². The molecular weight excluding hydrogens is 577 g/mol. The number of halogens is 4. The standard InChI is InChI=1S/C24H17Br2ClFN3O2/c25-17-6-2-7-18(11-17)33-14-15-4-1-5-16(10-15)24(32)29-23-20(26)13-31(30-23)12-19-21(27)8-3-9-22(19)28/h1-11,13H,12,14H2,(H,29,30,32). The van der Waals surface area contributed by atoms with Crippen molar-refractivity contribution in [3.63, 3.8) is 0 Å². The number of carbonyl (C=O) groups excluding carboxylic acids is 1. The number of carbonyl (C=O) groups is 1. The van der Waals surface area contributed by atoms with E-state index in [0.717, 1.165) is 15.8 Å². The average Bonchev–Trinajstić information content (AvgIpc) is 3.14. The summed E-state index contributed by atoms with van der Waals surface area (Å²) in [6.07, 6.45) is 1.65. The lowest BCUT2D eigenvalue weighted by Crippen LogP contribution is -2.14. The predicted octanol–water partition coefficient (Wildman–Crippen LogP) is 7.08. The number of anilines is 1. The number of amides is 1. The SMILES string of the molecule is O=C(Nc1nn(Cc2c(F)cccc2Cl)cc1Br)c1cccc(COc2cccc(Br)c2)c1. The molecule has 0 saturated heterocycles. The second kappa shape index (κ2) is 10.5. The number of nitrogens with zero attached hydrogens (tertiary/aromatic N) is 2. The van der Waals surface area contributed by atoms with E-state index in [2.05, 4.69) is 42.3 Å². The molecule has 0 radical (unpaired) electrons. The van der Waals surface area contributed by atoms with Crippen LogP contribution in [0.1, 0.15) is 21.5 Å². The van der Waals surface area contributed by atoms with Gasteiger partial charge in [-0.05, 0) is 64.0 Å². The van der Waals surface area contributed by atoms with Crippen molar-refractivity contribution in [2.24, 2.45) is 0 Å². The molecule has 0 aliphatic carbocycles. The zero-order chi connectivity index (χ0) is 23.4. The molecule has 1 heterocycles. The smallest absolute Gasteiger partial charge is 0.256 e. The van der Waals surface area contributed by atoms with Crippen molar-refractivity contribution in [3.05, 3.63) is 109 Å². The van der Waals surface area contributed by atoms with E-state index >= 15 is 0 Å². The Bertz CT molecular complexity index is 1290. The first kappa shape index (κ1) is 23.5. The van der Waals surface area contributed by atoms with Crippen LogP contribution in [0.25, 0.3) is 0 Å². The van der Waals surface area contributed by atoms with Gasteiger partial charge in [-0.1, -0.05) is 51.8 Å². The highest BCUT2D eigenvalue weighted by Crippen LogP contribution is 2.25. The number of benzene rings is 3. The summed E-state index contributed by atoms with van der Waals surface area (Å²) < 4.78 is 22.9. The second-order valence-corrected chi connectivity index (χ2v) is 9.30. The third kappa shape index (κ3) is 6.01. The minimum atomic E-state index is -0.415. The number of rotatable bonds is 7. The molecule has 4 rings (SSSR count). The Morgan fingerprint density at radius 2 is 1.88 bits per heavy atom. The highest BCUT2D eigenvalue weighted by molar-refractivity contribution is 9.10. The summed E-state index contributed by atoms with van der Waals surface area (Å²) in [6.45, 7) is 0.446. The van der Waals surface area contributed by atoms with Gasteiger partial charge in [-0.2, -0.15) is 5.10 Å². The molecule has 0 spiro atoms. The summed E-state index contributed by atoms with van der Waals surface area (Å²) in [5.41, 5.74) is 1.63. The molecule has 1 N–H and O–H groups in total. The Balaban J connectivity index is 1.43. The van der Waals surface area contributed by atoms with Crippen molar-refractivity contribution < 1.29 is 13.9 Å². The Morgan fingerprint density at radius 1 is 1.09 bits per heavy atom. The number of aromatic nitrogens is 2. The molecular formula is C24H17Br2ClFN3O2. The van der Waals surface area contributed by atoms with Gasteiger partial charge in [0.1, 0.15) is 18.2 Å². The number of hydrogen-bond acceptors (Lipinski definition) is 3. The van der Waals surface area contributed by atoms with E-state index in [9.17, 15) is 9.18 Å². The van der Waals surface area contributed by atoms with Crippen LogP contribution in [-0.4, -0.2) is 15.7 Å². The fraction of sp³-hybridized carbons (Fsp3) is 0.0833. The molecule has 1 aromatic heterocycles. The van der Waals surface area contributed by atoms with Gasteiger partial charge in [-0.15, -0.1) is 0 Å². The highest BCUT2D eigenvalue weighted by atomic mass is 79.9. The van der Waals surface area contributed by atoms with Crippen LogP contribution in [0.15, 0.2) is 81.9 Å². The molecule has 33 heavy (non-hydrogen) atoms. The maximum Gasteiger partial charge on any atom is 0.256 e. The maximum absolute atomic E-state index is 14.1. The van der Waals surface area contributed by atoms with Gasteiger partial charge in [0.15, 0.2) is 5.82 Å². The third-order valence-corrected chi connectivity index (χ3v) is 6.15. The van der Waals surface area contributed by atoms with Gasteiger partial charge in [-0.25, -0.2) is 4.39 Å². The van der Waals surface area contributed by atoms with E-state index in [-0.39, 0.29) is 12.5 Å². The Labute approximate surface area is 211 Å². The molecule has 0 unspecified atom stereocenters. The van der Waals surface area contributed by atoms with E-state index in [0.29, 0.717) is 33.0 Å². The molecule has 0 aliphatic heterocycles. The fourth-order valence-corrected chi connectivity index (χ4v) is 4.13. The number of ether oxygens (including phenoxy) is 1. The molecule has 0 bridgehead atoms. The topological polar surface area (TPSA) is 56.2 Å². The van der Waals surface area contributed by atoms with Crippen molar-refractivity contribution in [2.45, 2.75) is 13.2 Å². The lowest BCUT2D eigenvalue weighted by Gasteiger charge is -2.09. The fourth-order valence-electron chi connectivity index (χ4n) is 3.11. The molecule has 5 nitrogen and oxygen atoms in total. The van der Waals surface area contributed by atoms with Gasteiger partial charge in [0, 0.05) is 26.8 Å². The average molecular weight is 594 g/mol. The molecule has 0 atom stereocenters. The number of hydrogen-bond donors (Lipinski definition) is 1. The van der Waals surface area contributed by atoms with Crippen LogP contribution in [0.3, 0.4) is 0 Å². The van der Waals surface area contributed by atoms with E-state index in [1.807, 2.05) is 30.3 Å². The van der Waals surface area contributed by atoms with Gasteiger partial charge in [-0.3, -0.25) is 9.48 Å². The monoisotopic (exact) mass is 591 g/mol. The summed E-state index contributed by atoms with van der Waals surface area (Å²) in [6, 6.07) is 19.2. The first-order chi connectivity index (χ1) is 15.9. The first-order valence-electron chi connectivity index (χ1n) is 9.83. The van der Waals surface area contributed by atoms with Crippen LogP contribution in [0, 0.1) is 5.82 Å². The lowest BCUT2D eigenvalue weighted by molar-refractivity contribution is 0.102. The lowest BCUT2D eigenvalue weighted by atomic mass is 10.1. The van der Waals surface area contributed by atoms with Gasteiger partial charge in [0.05, 0.1) is 11.0 Å². The summed E-state index contributed by atoms with van der Waals surface area (Å²) in [5.74, 6) is 0.308. The van der Waals surface area contributed by atoms with E-state index < -0.39 is 5.82 Å². The van der Waals surface area contributed by atoms with Crippen LogP contribution in [0.2, 0.25) is 5.02 Å². The molecule has 0 aliphatic rings. The maximum atomic E-state index is 14.1. The zero-order valence-corrected chi connectivity index (χ0v) is 21.0. The van der Waals surface area contributed by atoms with E-state index in [1.165, 1.54) is 10.7 Å². The van der Waals surface area contributed by atoms with Crippen molar-refractivity contribution in [1.82, 2.24) is 9.78 Å². The van der Waals surface area contributed by atoms with Gasteiger partial charge < -0.3 is 10.1 Å². The van der Waals surface area contributed by atoms with E-state index in [1.54, 1.807) is 36.5 Å². The molecule has 1 amide bonds. The molecule has 3 aromatic carbocycles. The first-order valence-corrected chi connectivity index (χ1v) is 11.8. The number of nitrogens with one attached hydrogen (secondary N) is 1. The van der Waals surface area contributed by atoms with Crippen LogP contribution in [0.4, 0.5) is 10.2 Å².